The Labute approximate surface area is 108 Å². The summed E-state index contributed by atoms with van der Waals surface area (Å²) in [5.74, 6) is 0. The molecule has 90 valence electrons. The van der Waals surface area contributed by atoms with Crippen molar-refractivity contribution in [2.45, 2.75) is 17.9 Å². The minimum atomic E-state index is -3.60. The Morgan fingerprint density at radius 2 is 2.19 bits per heavy atom. The highest BCUT2D eigenvalue weighted by molar-refractivity contribution is 9.10. The lowest BCUT2D eigenvalue weighted by molar-refractivity contribution is 0.563. The van der Waals surface area contributed by atoms with Crippen molar-refractivity contribution in [3.8, 4) is 0 Å². The van der Waals surface area contributed by atoms with Crippen molar-refractivity contribution in [3.63, 3.8) is 0 Å². The second-order valence-corrected chi connectivity index (χ2v) is 6.34. The van der Waals surface area contributed by atoms with Crippen LogP contribution in [0.15, 0.2) is 27.6 Å². The lowest BCUT2D eigenvalue weighted by atomic mass is 10.4. The zero-order valence-electron chi connectivity index (χ0n) is 8.57. The lowest BCUT2D eigenvalue weighted by Gasteiger charge is -2.12. The highest BCUT2D eigenvalue weighted by Gasteiger charge is 2.19. The number of sulfonamides is 1. The van der Waals surface area contributed by atoms with Gasteiger partial charge in [-0.05, 0) is 25.1 Å². The van der Waals surface area contributed by atoms with E-state index in [0.717, 1.165) is 4.47 Å². The maximum absolute atomic E-state index is 11.9. The molecule has 16 heavy (non-hydrogen) atoms. The molecule has 0 aliphatic rings. The predicted octanol–water partition coefficient (Wildman–Crippen LogP) is 1.73. The van der Waals surface area contributed by atoms with Crippen molar-refractivity contribution < 1.29 is 8.42 Å². The third-order valence-corrected chi connectivity index (χ3v) is 4.46. The van der Waals surface area contributed by atoms with Crippen LogP contribution in [0.5, 0.6) is 0 Å². The maximum Gasteiger partial charge on any atom is 0.242 e. The molecule has 0 saturated heterocycles. The minimum Gasteiger partial charge on any atom is -0.329 e. The monoisotopic (exact) mass is 326 g/mol. The lowest BCUT2D eigenvalue weighted by Crippen LogP contribution is -2.37. The van der Waals surface area contributed by atoms with Crippen LogP contribution in [0.4, 0.5) is 0 Å². The van der Waals surface area contributed by atoms with E-state index in [1.54, 1.807) is 13.0 Å². The SMILES string of the molecule is CC(CN)NS(=O)(=O)c1ccc(Br)cc1Cl. The molecule has 7 heteroatoms. The van der Waals surface area contributed by atoms with Gasteiger partial charge in [-0.25, -0.2) is 13.1 Å². The molecular formula is C9H12BrClN2O2S. The second-order valence-electron chi connectivity index (χ2n) is 3.33. The van der Waals surface area contributed by atoms with Gasteiger partial charge in [-0.2, -0.15) is 0 Å². The van der Waals surface area contributed by atoms with Crippen LogP contribution in [-0.2, 0) is 10.0 Å². The Morgan fingerprint density at radius 1 is 1.56 bits per heavy atom. The average Bonchev–Trinajstić information content (AvgIpc) is 2.16. The predicted molar refractivity (Wildman–Crippen MR) is 68.0 cm³/mol. The summed E-state index contributed by atoms with van der Waals surface area (Å²) >= 11 is 9.07. The van der Waals surface area contributed by atoms with Crippen molar-refractivity contribution >= 4 is 37.6 Å². The van der Waals surface area contributed by atoms with Gasteiger partial charge < -0.3 is 5.73 Å². The van der Waals surface area contributed by atoms with Crippen LogP contribution in [0.3, 0.4) is 0 Å². The maximum atomic E-state index is 11.9. The fraction of sp³-hybridized carbons (Fsp3) is 0.333. The summed E-state index contributed by atoms with van der Waals surface area (Å²) < 4.78 is 26.9. The van der Waals surface area contributed by atoms with E-state index in [-0.39, 0.29) is 22.5 Å². The number of nitrogens with one attached hydrogen (secondary N) is 1. The molecule has 1 unspecified atom stereocenters. The molecule has 0 amide bonds. The van der Waals surface area contributed by atoms with Crippen LogP contribution in [0.25, 0.3) is 0 Å². The molecular weight excluding hydrogens is 316 g/mol. The van der Waals surface area contributed by atoms with E-state index in [1.807, 2.05) is 0 Å². The van der Waals surface area contributed by atoms with Crippen LogP contribution in [0, 0.1) is 0 Å². The summed E-state index contributed by atoms with van der Waals surface area (Å²) in [5, 5.41) is 0.172. The molecule has 1 atom stereocenters. The molecule has 4 nitrogen and oxygen atoms in total. The fourth-order valence-corrected chi connectivity index (χ4v) is 3.36. The molecule has 1 rings (SSSR count). The van der Waals surface area contributed by atoms with E-state index in [4.69, 9.17) is 17.3 Å². The molecule has 0 heterocycles. The molecule has 0 saturated carbocycles. The number of nitrogens with two attached hydrogens (primary N) is 1. The molecule has 1 aromatic rings. The van der Waals surface area contributed by atoms with Crippen LogP contribution >= 0.6 is 27.5 Å². The van der Waals surface area contributed by atoms with Crippen LogP contribution in [-0.4, -0.2) is 21.0 Å². The summed E-state index contributed by atoms with van der Waals surface area (Å²) in [4.78, 5) is 0.0534. The first-order valence-electron chi connectivity index (χ1n) is 4.54. The van der Waals surface area contributed by atoms with Crippen molar-refractivity contribution in [3.05, 3.63) is 27.7 Å². The molecule has 0 aliphatic carbocycles. The molecule has 0 aliphatic heterocycles. The molecule has 0 bridgehead atoms. The van der Waals surface area contributed by atoms with E-state index in [2.05, 4.69) is 20.7 Å². The van der Waals surface area contributed by atoms with E-state index < -0.39 is 10.0 Å². The summed E-state index contributed by atoms with van der Waals surface area (Å²) in [6.45, 7) is 1.91. The number of benzene rings is 1. The van der Waals surface area contributed by atoms with Gasteiger partial charge in [0.25, 0.3) is 0 Å². The van der Waals surface area contributed by atoms with E-state index in [0.29, 0.717) is 0 Å². The van der Waals surface area contributed by atoms with E-state index in [1.165, 1.54) is 12.1 Å². The van der Waals surface area contributed by atoms with Gasteiger partial charge >= 0.3 is 0 Å². The Balaban J connectivity index is 3.08. The minimum absolute atomic E-state index is 0.0534. The summed E-state index contributed by atoms with van der Waals surface area (Å²) in [7, 11) is -3.60. The highest BCUT2D eigenvalue weighted by atomic mass is 79.9. The van der Waals surface area contributed by atoms with Gasteiger partial charge in [0.2, 0.25) is 10.0 Å². The van der Waals surface area contributed by atoms with Gasteiger partial charge in [0.1, 0.15) is 4.90 Å². The van der Waals surface area contributed by atoms with Gasteiger partial charge in [-0.1, -0.05) is 27.5 Å². The Hall–Kier alpha value is -0.140. The van der Waals surface area contributed by atoms with Crippen molar-refractivity contribution in [1.29, 1.82) is 0 Å². The third-order valence-electron chi connectivity index (χ3n) is 1.89. The van der Waals surface area contributed by atoms with Gasteiger partial charge in [-0.15, -0.1) is 0 Å². The molecule has 0 fully saturated rings. The zero-order valence-corrected chi connectivity index (χ0v) is 11.7. The average molecular weight is 328 g/mol. The van der Waals surface area contributed by atoms with Crippen molar-refractivity contribution in [1.82, 2.24) is 4.72 Å². The summed E-state index contributed by atoms with van der Waals surface area (Å²) in [5.41, 5.74) is 5.35. The van der Waals surface area contributed by atoms with Gasteiger partial charge in [0.15, 0.2) is 0 Å². The molecule has 0 radical (unpaired) electrons. The zero-order chi connectivity index (χ0) is 12.3. The van der Waals surface area contributed by atoms with Crippen LogP contribution in [0.1, 0.15) is 6.92 Å². The molecule has 3 N–H and O–H groups in total. The van der Waals surface area contributed by atoms with Crippen molar-refractivity contribution in [2.24, 2.45) is 5.73 Å². The normalized spacial score (nSPS) is 13.8. The molecule has 1 aromatic carbocycles. The van der Waals surface area contributed by atoms with Gasteiger partial charge in [0, 0.05) is 17.1 Å². The van der Waals surface area contributed by atoms with Crippen molar-refractivity contribution in [2.75, 3.05) is 6.54 Å². The Morgan fingerprint density at radius 3 is 2.69 bits per heavy atom. The topological polar surface area (TPSA) is 72.2 Å². The number of halogens is 2. The first kappa shape index (κ1) is 13.9. The summed E-state index contributed by atoms with van der Waals surface area (Å²) in [6.07, 6.45) is 0. The Bertz CT molecular complexity index is 478. The highest BCUT2D eigenvalue weighted by Crippen LogP contribution is 2.25. The largest absolute Gasteiger partial charge is 0.329 e. The van der Waals surface area contributed by atoms with Crippen LogP contribution < -0.4 is 10.5 Å². The first-order chi connectivity index (χ1) is 7.36. The molecule has 0 spiro atoms. The Kier molecular flexibility index (Phi) is 4.75. The third kappa shape index (κ3) is 3.43. The molecule has 0 aromatic heterocycles. The first-order valence-corrected chi connectivity index (χ1v) is 7.19. The fourth-order valence-electron chi connectivity index (χ4n) is 1.07. The van der Waals surface area contributed by atoms with Gasteiger partial charge in [0.05, 0.1) is 5.02 Å². The quantitative estimate of drug-likeness (QED) is 0.884. The number of hydrogen-bond acceptors (Lipinski definition) is 3. The number of rotatable bonds is 4. The van der Waals surface area contributed by atoms with Gasteiger partial charge in [-0.3, -0.25) is 0 Å². The van der Waals surface area contributed by atoms with E-state index in [9.17, 15) is 8.42 Å². The number of hydrogen-bond donors (Lipinski definition) is 2. The standard InChI is InChI=1S/C9H12BrClN2O2S/c1-6(5-12)13-16(14,15)9-3-2-7(10)4-8(9)11/h2-4,6,13H,5,12H2,1H3. The van der Waals surface area contributed by atoms with E-state index >= 15 is 0 Å². The summed E-state index contributed by atoms with van der Waals surface area (Å²) in [6, 6.07) is 4.26. The second kappa shape index (κ2) is 5.46. The smallest absolute Gasteiger partial charge is 0.242 e. The van der Waals surface area contributed by atoms with Crippen LogP contribution in [0.2, 0.25) is 5.02 Å².